The molecule has 5 nitrogen and oxygen atoms in total. The first kappa shape index (κ1) is 16.3. The van der Waals surface area contributed by atoms with Gasteiger partial charge in [-0.1, -0.05) is 12.1 Å². The zero-order chi connectivity index (χ0) is 17.4. The highest BCUT2D eigenvalue weighted by Gasteiger charge is 2.21. The molecule has 1 aromatic carbocycles. The lowest BCUT2D eigenvalue weighted by atomic mass is 10.1. The first-order chi connectivity index (χ1) is 11.4. The second-order valence-corrected chi connectivity index (χ2v) is 6.44. The Morgan fingerprint density at radius 3 is 2.75 bits per heavy atom. The maximum atomic E-state index is 12.5. The lowest BCUT2D eigenvalue weighted by Gasteiger charge is -2.08. The minimum absolute atomic E-state index is 0.0672. The first-order valence-corrected chi connectivity index (χ1v) is 8.13. The molecule has 2 aromatic rings. The quantitative estimate of drug-likeness (QED) is 0.848. The summed E-state index contributed by atoms with van der Waals surface area (Å²) in [7, 11) is 0. The van der Waals surface area contributed by atoms with Crippen LogP contribution in [0.25, 0.3) is 0 Å². The van der Waals surface area contributed by atoms with Crippen molar-refractivity contribution < 1.29 is 14.3 Å². The summed E-state index contributed by atoms with van der Waals surface area (Å²) in [6.45, 7) is 7.59. The Kier molecular flexibility index (Phi) is 4.18. The van der Waals surface area contributed by atoms with E-state index in [1.54, 1.807) is 6.92 Å². The average molecular weight is 326 g/mol. The van der Waals surface area contributed by atoms with Crippen LogP contribution in [0.4, 0.5) is 0 Å². The molecule has 1 atom stereocenters. The number of aromatic amines is 1. The predicted molar refractivity (Wildman–Crippen MR) is 91.7 cm³/mol. The molecule has 5 heteroatoms. The third-order valence-electron chi connectivity index (χ3n) is 4.43. The van der Waals surface area contributed by atoms with Crippen molar-refractivity contribution in [3.63, 3.8) is 0 Å². The van der Waals surface area contributed by atoms with Crippen molar-refractivity contribution in [3.8, 4) is 5.75 Å². The number of Topliss-reactive ketones (excluding diaryl/α,β-unsaturated/α-hetero) is 1. The Hall–Kier alpha value is -2.56. The van der Waals surface area contributed by atoms with Crippen molar-refractivity contribution in [2.45, 2.75) is 46.8 Å². The van der Waals surface area contributed by atoms with Gasteiger partial charge in [-0.25, -0.2) is 0 Å². The number of carbonyl (C=O) groups excluding carboxylic acids is 2. The standard InChI is InChI=1S/C19H22N2O3/c1-10-7-15-8-14(5-6-16(15)24-10)9-20-19(23)17-11(2)18(13(4)22)21-12(17)3/h5-6,8,10,21H,7,9H2,1-4H3,(H,20,23)/t10-/m0/s1. The van der Waals surface area contributed by atoms with E-state index in [1.807, 2.05) is 26.0 Å². The number of benzene rings is 1. The highest BCUT2D eigenvalue weighted by atomic mass is 16.5. The van der Waals surface area contributed by atoms with Crippen LogP contribution in [-0.4, -0.2) is 22.8 Å². The van der Waals surface area contributed by atoms with Crippen molar-refractivity contribution in [3.05, 3.63) is 51.8 Å². The van der Waals surface area contributed by atoms with E-state index in [2.05, 4.69) is 16.4 Å². The zero-order valence-corrected chi connectivity index (χ0v) is 14.4. The number of nitrogens with one attached hydrogen (secondary N) is 2. The number of hydrogen-bond acceptors (Lipinski definition) is 3. The summed E-state index contributed by atoms with van der Waals surface area (Å²) in [4.78, 5) is 27.1. The largest absolute Gasteiger partial charge is 0.490 e. The van der Waals surface area contributed by atoms with Gasteiger partial charge in [0.05, 0.1) is 11.3 Å². The van der Waals surface area contributed by atoms with E-state index in [4.69, 9.17) is 4.74 Å². The summed E-state index contributed by atoms with van der Waals surface area (Å²) in [6, 6.07) is 6.01. The van der Waals surface area contributed by atoms with Crippen LogP contribution in [-0.2, 0) is 13.0 Å². The summed E-state index contributed by atoms with van der Waals surface area (Å²) < 4.78 is 5.69. The molecule has 0 bridgehead atoms. The highest BCUT2D eigenvalue weighted by molar-refractivity contribution is 6.02. The van der Waals surface area contributed by atoms with Crippen molar-refractivity contribution >= 4 is 11.7 Å². The fraction of sp³-hybridized carbons (Fsp3) is 0.368. The summed E-state index contributed by atoms with van der Waals surface area (Å²) in [6.07, 6.45) is 1.11. The number of ketones is 1. The lowest BCUT2D eigenvalue weighted by molar-refractivity contribution is 0.0949. The summed E-state index contributed by atoms with van der Waals surface area (Å²) >= 11 is 0. The van der Waals surface area contributed by atoms with E-state index in [-0.39, 0.29) is 17.8 Å². The van der Waals surface area contributed by atoms with Crippen molar-refractivity contribution in [1.82, 2.24) is 10.3 Å². The fourth-order valence-electron chi connectivity index (χ4n) is 3.30. The number of amides is 1. The highest BCUT2D eigenvalue weighted by Crippen LogP contribution is 2.29. The van der Waals surface area contributed by atoms with Gasteiger partial charge in [-0.2, -0.15) is 0 Å². The topological polar surface area (TPSA) is 71.2 Å². The van der Waals surface area contributed by atoms with Crippen LogP contribution in [0, 0.1) is 13.8 Å². The van der Waals surface area contributed by atoms with Crippen LogP contribution in [0.3, 0.4) is 0 Å². The smallest absolute Gasteiger partial charge is 0.253 e. The second-order valence-electron chi connectivity index (χ2n) is 6.44. The van der Waals surface area contributed by atoms with Gasteiger partial charge in [0.2, 0.25) is 0 Å². The molecule has 0 radical (unpaired) electrons. The molecule has 126 valence electrons. The van der Waals surface area contributed by atoms with Gasteiger partial charge in [-0.3, -0.25) is 9.59 Å². The molecule has 2 heterocycles. The Morgan fingerprint density at radius 1 is 1.33 bits per heavy atom. The summed E-state index contributed by atoms with van der Waals surface area (Å²) in [5.41, 5.74) is 4.69. The van der Waals surface area contributed by atoms with Gasteiger partial charge in [0.15, 0.2) is 5.78 Å². The van der Waals surface area contributed by atoms with E-state index < -0.39 is 0 Å². The monoisotopic (exact) mass is 326 g/mol. The second kappa shape index (κ2) is 6.15. The van der Waals surface area contributed by atoms with Crippen LogP contribution in [0.1, 0.15) is 57.1 Å². The number of carbonyl (C=O) groups is 2. The lowest BCUT2D eigenvalue weighted by Crippen LogP contribution is -2.24. The molecule has 0 fully saturated rings. The number of H-pyrrole nitrogens is 1. The number of aryl methyl sites for hydroxylation is 1. The van der Waals surface area contributed by atoms with Crippen LogP contribution in [0.15, 0.2) is 18.2 Å². The van der Waals surface area contributed by atoms with E-state index in [0.717, 1.165) is 17.7 Å². The first-order valence-electron chi connectivity index (χ1n) is 8.13. The fourth-order valence-corrected chi connectivity index (χ4v) is 3.30. The molecule has 0 saturated heterocycles. The van der Waals surface area contributed by atoms with Gasteiger partial charge >= 0.3 is 0 Å². The van der Waals surface area contributed by atoms with Crippen LogP contribution in [0.5, 0.6) is 5.75 Å². The predicted octanol–water partition coefficient (Wildman–Crippen LogP) is 3.09. The normalized spacial score (nSPS) is 15.8. The number of rotatable bonds is 4. The maximum absolute atomic E-state index is 12.5. The minimum Gasteiger partial charge on any atom is -0.490 e. The molecule has 1 aliphatic heterocycles. The molecule has 1 amide bonds. The van der Waals surface area contributed by atoms with E-state index in [9.17, 15) is 9.59 Å². The van der Waals surface area contributed by atoms with Crippen LogP contribution < -0.4 is 10.1 Å². The van der Waals surface area contributed by atoms with Gasteiger partial charge in [-0.15, -0.1) is 0 Å². The molecule has 1 aromatic heterocycles. The van der Waals surface area contributed by atoms with E-state index >= 15 is 0 Å². The number of aromatic nitrogens is 1. The molecular formula is C19H22N2O3. The third kappa shape index (κ3) is 2.94. The summed E-state index contributed by atoms with van der Waals surface area (Å²) in [5.74, 6) is 0.697. The van der Waals surface area contributed by atoms with E-state index in [1.165, 1.54) is 12.5 Å². The molecule has 24 heavy (non-hydrogen) atoms. The molecule has 0 saturated carbocycles. The van der Waals surface area contributed by atoms with Gasteiger partial charge in [0.25, 0.3) is 5.91 Å². The van der Waals surface area contributed by atoms with Gasteiger partial charge in [0, 0.05) is 25.6 Å². The van der Waals surface area contributed by atoms with Crippen LogP contribution in [0.2, 0.25) is 0 Å². The molecule has 1 aliphatic rings. The molecule has 0 aliphatic carbocycles. The Labute approximate surface area is 141 Å². The Bertz CT molecular complexity index is 820. The molecule has 0 unspecified atom stereocenters. The number of hydrogen-bond donors (Lipinski definition) is 2. The van der Waals surface area contributed by atoms with Gasteiger partial charge in [0.1, 0.15) is 11.9 Å². The van der Waals surface area contributed by atoms with Gasteiger partial charge in [-0.05, 0) is 43.5 Å². The third-order valence-corrected chi connectivity index (χ3v) is 4.43. The van der Waals surface area contributed by atoms with Gasteiger partial charge < -0.3 is 15.0 Å². The Balaban J connectivity index is 1.73. The number of fused-ring (bicyclic) bond motifs is 1. The van der Waals surface area contributed by atoms with Crippen LogP contribution >= 0.6 is 0 Å². The molecule has 0 spiro atoms. The SMILES string of the molecule is CC(=O)c1[nH]c(C)c(C(=O)NCc2ccc3c(c2)C[C@H](C)O3)c1C. The van der Waals surface area contributed by atoms with Crippen molar-refractivity contribution in [1.29, 1.82) is 0 Å². The minimum atomic E-state index is -0.168. The Morgan fingerprint density at radius 2 is 2.08 bits per heavy atom. The van der Waals surface area contributed by atoms with E-state index in [0.29, 0.717) is 29.1 Å². The average Bonchev–Trinajstić information content (AvgIpc) is 3.03. The number of ether oxygens (including phenoxy) is 1. The summed E-state index contributed by atoms with van der Waals surface area (Å²) in [5, 5.41) is 2.94. The molecule has 2 N–H and O–H groups in total. The molecular weight excluding hydrogens is 304 g/mol. The zero-order valence-electron chi connectivity index (χ0n) is 14.4. The van der Waals surface area contributed by atoms with Crippen molar-refractivity contribution in [2.75, 3.05) is 0 Å². The van der Waals surface area contributed by atoms with Crippen molar-refractivity contribution in [2.24, 2.45) is 0 Å². The maximum Gasteiger partial charge on any atom is 0.253 e. The molecule has 3 rings (SSSR count).